The predicted molar refractivity (Wildman–Crippen MR) is 253 cm³/mol. The van der Waals surface area contributed by atoms with Crippen LogP contribution in [-0.4, -0.2) is 33.6 Å². The van der Waals surface area contributed by atoms with E-state index in [4.69, 9.17) is 0 Å². The third-order valence-corrected chi connectivity index (χ3v) is 19.0. The minimum absolute atomic E-state index is 0.0349. The molecule has 0 amide bonds. The molecule has 0 saturated heterocycles. The maximum absolute atomic E-state index is 2.85. The number of rotatable bonds is 0. The van der Waals surface area contributed by atoms with Crippen LogP contribution in [0.1, 0.15) is 90.2 Å². The van der Waals surface area contributed by atoms with E-state index in [0.717, 1.165) is 0 Å². The zero-order chi connectivity index (χ0) is 39.4. The lowest BCUT2D eigenvalue weighted by Crippen LogP contribution is -2.64. The van der Waals surface area contributed by atoms with E-state index in [-0.39, 0.29) is 35.3 Å². The minimum Gasteiger partial charge on any atom is -0.335 e. The van der Waals surface area contributed by atoms with E-state index in [2.05, 4.69) is 156 Å². The minimum atomic E-state index is 0.0349. The summed E-state index contributed by atoms with van der Waals surface area (Å²) < 4.78 is 5.45. The van der Waals surface area contributed by atoms with Crippen LogP contribution in [-0.2, 0) is 10.8 Å². The first-order chi connectivity index (χ1) is 29.3. The van der Waals surface area contributed by atoms with E-state index in [1.807, 2.05) is 0 Å². The van der Waals surface area contributed by atoms with Gasteiger partial charge in [-0.2, -0.15) is 0 Å². The maximum Gasteiger partial charge on any atom is 0.252 e. The second-order valence-electron chi connectivity index (χ2n) is 20.9. The van der Waals surface area contributed by atoms with Crippen molar-refractivity contribution in [3.63, 3.8) is 0 Å². The Kier molecular flexibility index (Phi) is 5.25. The molecule has 0 N–H and O–H groups in total. The molecule has 4 nitrogen and oxygen atoms in total. The number of nitrogens with zero attached hydrogens (tertiary/aromatic N) is 4. The number of para-hydroxylation sites is 4. The lowest BCUT2D eigenvalue weighted by molar-refractivity contribution is 0.195. The zero-order valence-corrected chi connectivity index (χ0v) is 35.0. The lowest BCUT2D eigenvalue weighted by atomic mass is 9.33. The van der Waals surface area contributed by atoms with Crippen molar-refractivity contribution >= 4 is 102 Å². The van der Waals surface area contributed by atoms with Crippen LogP contribution >= 0.6 is 0 Å². The van der Waals surface area contributed by atoms with Crippen LogP contribution in [0, 0.1) is 0 Å². The van der Waals surface area contributed by atoms with Gasteiger partial charge < -0.3 is 18.9 Å². The Morgan fingerprint density at radius 1 is 0.400 bits per heavy atom. The zero-order valence-electron chi connectivity index (χ0n) is 35.0. The van der Waals surface area contributed by atoms with Crippen LogP contribution in [0.2, 0.25) is 0 Å². The first-order valence-corrected chi connectivity index (χ1v) is 23.0. The van der Waals surface area contributed by atoms with Gasteiger partial charge in [0.25, 0.3) is 13.4 Å². The summed E-state index contributed by atoms with van der Waals surface area (Å²) in [6.45, 7) is 10.7. The van der Waals surface area contributed by atoms with E-state index >= 15 is 0 Å². The molecule has 4 atom stereocenters. The van der Waals surface area contributed by atoms with E-state index in [1.165, 1.54) is 151 Å². The highest BCUT2D eigenvalue weighted by Crippen LogP contribution is 2.63. The number of hydrogen-bond donors (Lipinski definition) is 0. The number of anilines is 4. The number of fused-ring (bicyclic) bond motifs is 19. The molecule has 2 fully saturated rings. The Morgan fingerprint density at radius 3 is 1.25 bits per heavy atom. The second-order valence-corrected chi connectivity index (χ2v) is 20.9. The molecular weight excluding hydrogens is 726 g/mol. The average Bonchev–Trinajstić information content (AvgIpc) is 3.92. The molecule has 6 aliphatic heterocycles. The number of benzene rings is 6. The van der Waals surface area contributed by atoms with Crippen molar-refractivity contribution in [3.05, 3.63) is 120 Å². The molecule has 6 heteroatoms. The first-order valence-electron chi connectivity index (χ1n) is 23.0. The molecule has 8 aliphatic rings. The predicted octanol–water partition coefficient (Wildman–Crippen LogP) is 8.50. The maximum atomic E-state index is 2.85. The standard InChI is InChI=1S/C54H46B2N4/c1-51-27-5-7-29-53(51,3)59-41-25-13-23-39-43(41)55(37-21-11-17-33(51)49(37)59)35-19-9-15-31-45(35)57(39)47-32-16-10-20-36-46(32)58(48(31)47)40-24-14-26-42-44(40)56(36)38-22-12-18-34-50(38)60(42)54(4)30-8-6-28-52(34,54)2/h9-26H,5-8,27-30H2,1-4H3. The van der Waals surface area contributed by atoms with E-state index < -0.39 is 0 Å². The highest BCUT2D eigenvalue weighted by Gasteiger charge is 2.63. The van der Waals surface area contributed by atoms with Crippen molar-refractivity contribution in [2.45, 2.75) is 101 Å². The molecular formula is C54H46B2N4. The molecule has 8 heterocycles. The van der Waals surface area contributed by atoms with Crippen LogP contribution in [0.15, 0.2) is 109 Å². The molecule has 2 aliphatic carbocycles. The summed E-state index contributed by atoms with van der Waals surface area (Å²) in [6, 6.07) is 43.8. The van der Waals surface area contributed by atoms with Gasteiger partial charge in [-0.1, -0.05) is 124 Å². The van der Waals surface area contributed by atoms with Crippen LogP contribution in [0.25, 0.3) is 44.2 Å². The van der Waals surface area contributed by atoms with Crippen molar-refractivity contribution < 1.29 is 0 Å². The average molecular weight is 773 g/mol. The van der Waals surface area contributed by atoms with Gasteiger partial charge in [0.1, 0.15) is 0 Å². The first kappa shape index (κ1) is 32.2. The summed E-state index contributed by atoms with van der Waals surface area (Å²) in [6.07, 6.45) is 10.1. The number of aromatic nitrogens is 2. The summed E-state index contributed by atoms with van der Waals surface area (Å²) >= 11 is 0. The highest BCUT2D eigenvalue weighted by atomic mass is 15.3. The highest BCUT2D eigenvalue weighted by molar-refractivity contribution is 7.01. The van der Waals surface area contributed by atoms with E-state index in [9.17, 15) is 0 Å². The van der Waals surface area contributed by atoms with Gasteiger partial charge in [-0.15, -0.1) is 0 Å². The van der Waals surface area contributed by atoms with Gasteiger partial charge in [-0.25, -0.2) is 0 Å². The van der Waals surface area contributed by atoms with Crippen LogP contribution < -0.4 is 42.6 Å². The fourth-order valence-corrected chi connectivity index (χ4v) is 16.1. The summed E-state index contributed by atoms with van der Waals surface area (Å²) in [5.41, 5.74) is 26.4. The van der Waals surface area contributed by atoms with E-state index in [0.29, 0.717) is 0 Å². The normalized spacial score (nSPS) is 27.6. The van der Waals surface area contributed by atoms with Gasteiger partial charge in [0.15, 0.2) is 0 Å². The summed E-state index contributed by atoms with van der Waals surface area (Å²) in [4.78, 5) is 5.70. The van der Waals surface area contributed by atoms with Crippen molar-refractivity contribution in [1.29, 1.82) is 0 Å². The Balaban J connectivity index is 1.04. The van der Waals surface area contributed by atoms with Crippen LogP contribution in [0.3, 0.4) is 0 Å². The summed E-state index contributed by atoms with van der Waals surface area (Å²) in [5, 5.41) is 2.73. The second kappa shape index (κ2) is 9.78. The van der Waals surface area contributed by atoms with Gasteiger partial charge in [0.05, 0.1) is 33.1 Å². The van der Waals surface area contributed by atoms with Gasteiger partial charge in [0, 0.05) is 55.7 Å². The molecule has 60 heavy (non-hydrogen) atoms. The Bertz CT molecular complexity index is 3190. The van der Waals surface area contributed by atoms with Crippen molar-refractivity contribution in [3.8, 4) is 11.4 Å². The topological polar surface area (TPSA) is 16.3 Å². The third-order valence-electron chi connectivity index (χ3n) is 19.0. The fourth-order valence-electron chi connectivity index (χ4n) is 16.1. The molecule has 2 aromatic heterocycles. The van der Waals surface area contributed by atoms with Gasteiger partial charge in [-0.05, 0) is 108 Å². The van der Waals surface area contributed by atoms with Gasteiger partial charge >= 0.3 is 0 Å². The third kappa shape index (κ3) is 3.01. The van der Waals surface area contributed by atoms with Crippen LogP contribution in [0.5, 0.6) is 0 Å². The Morgan fingerprint density at radius 2 is 0.783 bits per heavy atom. The van der Waals surface area contributed by atoms with E-state index in [1.54, 1.807) is 11.1 Å². The summed E-state index contributed by atoms with van der Waals surface area (Å²) in [7, 11) is 0. The van der Waals surface area contributed by atoms with Crippen molar-refractivity contribution in [2.24, 2.45) is 0 Å². The molecule has 16 rings (SSSR count). The molecule has 0 radical (unpaired) electrons. The summed E-state index contributed by atoms with van der Waals surface area (Å²) in [5.74, 6) is 0. The molecule has 0 spiro atoms. The molecule has 0 bridgehead atoms. The molecule has 288 valence electrons. The molecule has 8 aromatic rings. The smallest absolute Gasteiger partial charge is 0.252 e. The fraction of sp³-hybridized carbons (Fsp3) is 0.296. The monoisotopic (exact) mass is 772 g/mol. The van der Waals surface area contributed by atoms with Crippen molar-refractivity contribution in [1.82, 2.24) is 9.13 Å². The SMILES string of the molecule is CC12CCCCC1(C)N1c3cccc4c3B(c3cccc2c31)c1cccc2c1n-4c1c3cccc4c3n(c21)-c1cccc2c1B4c1cccc3c1N2C1(C)CCCCC31C. The molecule has 4 unspecified atom stereocenters. The van der Waals surface area contributed by atoms with Crippen LogP contribution in [0.4, 0.5) is 22.7 Å². The number of hydrogen-bond acceptors (Lipinski definition) is 2. The molecule has 6 aromatic carbocycles. The largest absolute Gasteiger partial charge is 0.335 e. The lowest BCUT2D eigenvalue weighted by Gasteiger charge is -2.52. The Hall–Kier alpha value is -5.61. The Labute approximate surface area is 352 Å². The van der Waals surface area contributed by atoms with Gasteiger partial charge in [-0.3, -0.25) is 0 Å². The molecule has 2 saturated carbocycles. The van der Waals surface area contributed by atoms with Gasteiger partial charge in [0.2, 0.25) is 0 Å². The quantitative estimate of drug-likeness (QED) is 0.144. The van der Waals surface area contributed by atoms with Crippen molar-refractivity contribution in [2.75, 3.05) is 9.80 Å².